The van der Waals surface area contributed by atoms with E-state index in [0.29, 0.717) is 13.0 Å². The number of hydrogen-bond acceptors (Lipinski definition) is 5. The summed E-state index contributed by atoms with van der Waals surface area (Å²) >= 11 is 0. The first-order chi connectivity index (χ1) is 16.7. The minimum absolute atomic E-state index is 0.117. The van der Waals surface area contributed by atoms with Crippen molar-refractivity contribution in [3.63, 3.8) is 0 Å². The molecule has 1 aliphatic heterocycles. The summed E-state index contributed by atoms with van der Waals surface area (Å²) in [4.78, 5) is 27.7. The highest BCUT2D eigenvalue weighted by molar-refractivity contribution is 6.99. The van der Waals surface area contributed by atoms with E-state index in [4.69, 9.17) is 9.16 Å². The second-order valence-corrected chi connectivity index (χ2v) is 14.3. The van der Waals surface area contributed by atoms with E-state index >= 15 is 0 Å². The number of anilines is 1. The predicted molar refractivity (Wildman–Crippen MR) is 140 cm³/mol. The first-order valence-electron chi connectivity index (χ1n) is 12.0. The van der Waals surface area contributed by atoms with Gasteiger partial charge in [-0.25, -0.2) is 4.79 Å². The molecule has 1 amide bonds. The van der Waals surface area contributed by atoms with Gasteiger partial charge in [-0.2, -0.15) is 4.98 Å². The van der Waals surface area contributed by atoms with Gasteiger partial charge in [-0.15, -0.1) is 0 Å². The minimum Gasteiger partial charge on any atom is -0.405 e. The maximum atomic E-state index is 12.5. The van der Waals surface area contributed by atoms with Crippen LogP contribution in [0.1, 0.15) is 46.8 Å². The number of rotatable bonds is 7. The number of aromatic nitrogens is 2. The van der Waals surface area contributed by atoms with E-state index in [1.165, 1.54) is 21.9 Å². The zero-order chi connectivity index (χ0) is 25.1. The first-order valence-corrected chi connectivity index (χ1v) is 13.9. The molecule has 0 saturated carbocycles. The van der Waals surface area contributed by atoms with Crippen molar-refractivity contribution in [2.45, 2.75) is 57.9 Å². The summed E-state index contributed by atoms with van der Waals surface area (Å²) in [7, 11) is -2.65. The maximum Gasteiger partial charge on any atom is 0.351 e. The lowest BCUT2D eigenvalue weighted by Crippen LogP contribution is -2.67. The highest BCUT2D eigenvalue weighted by atomic mass is 28.4. The average Bonchev–Trinajstić information content (AvgIpc) is 3.28. The molecule has 7 nitrogen and oxygen atoms in total. The zero-order valence-corrected chi connectivity index (χ0v) is 21.7. The Bertz CT molecular complexity index is 1170. The van der Waals surface area contributed by atoms with Gasteiger partial charge in [0, 0.05) is 13.1 Å². The van der Waals surface area contributed by atoms with Gasteiger partial charge in [-0.3, -0.25) is 9.36 Å². The lowest BCUT2D eigenvalue weighted by atomic mass is 10.2. The van der Waals surface area contributed by atoms with Gasteiger partial charge in [0.1, 0.15) is 12.0 Å². The minimum atomic E-state index is -2.65. The molecule has 2 heterocycles. The molecule has 8 heteroatoms. The van der Waals surface area contributed by atoms with Crippen LogP contribution in [0.5, 0.6) is 0 Å². The summed E-state index contributed by atoms with van der Waals surface area (Å²) < 4.78 is 14.7. The molecule has 0 spiro atoms. The fourth-order valence-electron chi connectivity index (χ4n) is 4.88. The summed E-state index contributed by atoms with van der Waals surface area (Å²) in [6.45, 7) is 8.57. The molecule has 1 unspecified atom stereocenters. The van der Waals surface area contributed by atoms with Crippen LogP contribution in [0, 0.1) is 0 Å². The second-order valence-electron chi connectivity index (χ2n) is 9.95. The van der Waals surface area contributed by atoms with E-state index in [2.05, 4.69) is 79.6 Å². The van der Waals surface area contributed by atoms with Gasteiger partial charge in [-0.05, 0) is 34.3 Å². The maximum absolute atomic E-state index is 12.5. The van der Waals surface area contributed by atoms with Crippen molar-refractivity contribution in [2.24, 2.45) is 0 Å². The van der Waals surface area contributed by atoms with Crippen molar-refractivity contribution < 1.29 is 14.0 Å². The average molecular weight is 492 g/mol. The van der Waals surface area contributed by atoms with Gasteiger partial charge >= 0.3 is 5.69 Å². The summed E-state index contributed by atoms with van der Waals surface area (Å²) in [5.74, 6) is -0.0318. The van der Waals surface area contributed by atoms with E-state index in [0.717, 1.165) is 6.42 Å². The molecule has 35 heavy (non-hydrogen) atoms. The molecule has 1 fully saturated rings. The fraction of sp³-hybridized carbons (Fsp3) is 0.370. The topological polar surface area (TPSA) is 82.5 Å². The third kappa shape index (κ3) is 5.29. The molecular formula is C27H33N3O4Si. The Hall–Kier alpha value is -3.07. The van der Waals surface area contributed by atoms with E-state index in [1.807, 2.05) is 12.1 Å². The van der Waals surface area contributed by atoms with Crippen molar-refractivity contribution in [2.75, 3.05) is 11.9 Å². The summed E-state index contributed by atoms with van der Waals surface area (Å²) in [5, 5.41) is 4.87. The highest BCUT2D eigenvalue weighted by Crippen LogP contribution is 2.38. The molecule has 1 saturated heterocycles. The highest BCUT2D eigenvalue weighted by Gasteiger charge is 2.50. The standard InChI is InChI=1S/C27H33N3O4Si/c1-20(31)28-24-17-18-30(26(32)29-24)25-16-15-21(34-25)19-33-35(27(2,3)4,22-11-7-5-8-12-22)23-13-9-6-10-14-23/h5-14,17-18,21,25H,15-16,19H2,1-4H3,(H,28,29,31,32)/t21-,25?/m0/s1. The smallest absolute Gasteiger partial charge is 0.351 e. The van der Waals surface area contributed by atoms with Gasteiger partial charge in [0.05, 0.1) is 12.7 Å². The molecule has 2 aromatic carbocycles. The summed E-state index contributed by atoms with van der Waals surface area (Å²) in [6, 6.07) is 22.6. The number of carbonyl (C=O) groups excluding carboxylic acids is 1. The Morgan fingerprint density at radius 2 is 1.66 bits per heavy atom. The number of hydrogen-bond donors (Lipinski definition) is 1. The molecule has 0 bridgehead atoms. The van der Waals surface area contributed by atoms with E-state index in [9.17, 15) is 9.59 Å². The third-order valence-corrected chi connectivity index (χ3v) is 11.4. The Kier molecular flexibility index (Phi) is 7.35. The number of carbonyl (C=O) groups is 1. The van der Waals surface area contributed by atoms with Crippen LogP contribution >= 0.6 is 0 Å². The van der Waals surface area contributed by atoms with Crippen molar-refractivity contribution in [3.8, 4) is 0 Å². The van der Waals surface area contributed by atoms with Crippen LogP contribution in [-0.4, -0.2) is 36.5 Å². The van der Waals surface area contributed by atoms with Crippen LogP contribution in [0.2, 0.25) is 5.04 Å². The molecule has 1 N–H and O–H groups in total. The van der Waals surface area contributed by atoms with Crippen LogP contribution in [0.3, 0.4) is 0 Å². The van der Waals surface area contributed by atoms with Gasteiger partial charge < -0.3 is 14.5 Å². The Morgan fingerprint density at radius 3 is 2.17 bits per heavy atom. The number of amides is 1. The van der Waals surface area contributed by atoms with Gasteiger partial charge in [0.2, 0.25) is 5.91 Å². The van der Waals surface area contributed by atoms with E-state index < -0.39 is 20.2 Å². The van der Waals surface area contributed by atoms with E-state index in [-0.39, 0.29) is 22.9 Å². The van der Waals surface area contributed by atoms with Gasteiger partial charge in [0.25, 0.3) is 8.32 Å². The fourth-order valence-corrected chi connectivity index (χ4v) is 9.47. The van der Waals surface area contributed by atoms with Crippen LogP contribution in [0.25, 0.3) is 0 Å². The second kappa shape index (κ2) is 10.3. The molecule has 0 radical (unpaired) electrons. The number of benzene rings is 2. The number of nitrogens with one attached hydrogen (secondary N) is 1. The molecule has 1 aromatic heterocycles. The van der Waals surface area contributed by atoms with Crippen molar-refractivity contribution in [1.29, 1.82) is 0 Å². The normalized spacial score (nSPS) is 18.4. The predicted octanol–water partition coefficient (Wildman–Crippen LogP) is 3.46. The molecule has 184 valence electrons. The first kappa shape index (κ1) is 25.0. The summed E-state index contributed by atoms with van der Waals surface area (Å²) in [6.07, 6.45) is 2.55. The van der Waals surface area contributed by atoms with E-state index in [1.54, 1.807) is 12.3 Å². The molecule has 3 aromatic rings. The van der Waals surface area contributed by atoms with Crippen LogP contribution in [0.4, 0.5) is 5.82 Å². The molecule has 2 atom stereocenters. The van der Waals surface area contributed by atoms with Crippen molar-refractivity contribution in [1.82, 2.24) is 9.55 Å². The van der Waals surface area contributed by atoms with Crippen molar-refractivity contribution >= 4 is 30.4 Å². The monoisotopic (exact) mass is 491 g/mol. The Balaban J connectivity index is 1.56. The van der Waals surface area contributed by atoms with Crippen LogP contribution in [0.15, 0.2) is 77.7 Å². The van der Waals surface area contributed by atoms with Crippen LogP contribution < -0.4 is 21.4 Å². The quantitative estimate of drug-likeness (QED) is 0.512. The molecule has 1 aliphatic rings. The van der Waals surface area contributed by atoms with Gasteiger partial charge in [-0.1, -0.05) is 81.4 Å². The summed E-state index contributed by atoms with van der Waals surface area (Å²) in [5.41, 5.74) is -0.449. The largest absolute Gasteiger partial charge is 0.405 e. The van der Waals surface area contributed by atoms with Crippen molar-refractivity contribution in [3.05, 3.63) is 83.4 Å². The number of nitrogens with zero attached hydrogens (tertiary/aromatic N) is 2. The lowest BCUT2D eigenvalue weighted by Gasteiger charge is -2.43. The number of ether oxygens (including phenoxy) is 1. The third-order valence-electron chi connectivity index (χ3n) is 6.43. The Morgan fingerprint density at radius 1 is 1.06 bits per heavy atom. The molecular weight excluding hydrogens is 458 g/mol. The molecule has 0 aliphatic carbocycles. The zero-order valence-electron chi connectivity index (χ0n) is 20.7. The Labute approximate surface area is 207 Å². The van der Waals surface area contributed by atoms with Crippen LogP contribution in [-0.2, 0) is 14.0 Å². The molecule has 4 rings (SSSR count). The van der Waals surface area contributed by atoms with Gasteiger partial charge in [0.15, 0.2) is 0 Å². The lowest BCUT2D eigenvalue weighted by molar-refractivity contribution is -0.114. The SMILES string of the molecule is CC(=O)Nc1ccn(C2CC[C@@H](CO[Si](c3ccccc3)(c3ccccc3)C(C)(C)C)O2)c(=O)n1.